The standard InChI is InChI=1S/C23H13Cl3N4O/c24-14-10-15(25)21(16(26)11-14)22-28-18-7-5-13(9-19(18)29-22)23(31)30-20-8-6-12-3-1-2-4-17(12)27-20/h1-11H,(H,28,29)(H,27,30,31). The van der Waals surface area contributed by atoms with Crippen molar-refractivity contribution >= 4 is 68.5 Å². The lowest BCUT2D eigenvalue weighted by atomic mass is 10.2. The van der Waals surface area contributed by atoms with Crippen molar-refractivity contribution in [1.82, 2.24) is 15.0 Å². The number of para-hydroxylation sites is 1. The molecule has 3 aromatic carbocycles. The maximum atomic E-state index is 12.8. The Morgan fingerprint density at radius 2 is 1.61 bits per heavy atom. The molecule has 1 amide bonds. The lowest BCUT2D eigenvalue weighted by Crippen LogP contribution is -2.12. The van der Waals surface area contributed by atoms with Crippen LogP contribution in [0, 0.1) is 0 Å². The summed E-state index contributed by atoms with van der Waals surface area (Å²) in [5, 5.41) is 5.06. The zero-order chi connectivity index (χ0) is 21.5. The fourth-order valence-corrected chi connectivity index (χ4v) is 4.36. The average Bonchev–Trinajstić information content (AvgIpc) is 3.15. The molecule has 2 aromatic heterocycles. The SMILES string of the molecule is O=C(Nc1ccc2ccccc2n1)c1ccc2nc(-c3c(Cl)cc(Cl)cc3Cl)[nH]c2c1. The van der Waals surface area contributed by atoms with Crippen molar-refractivity contribution < 1.29 is 4.79 Å². The van der Waals surface area contributed by atoms with E-state index in [9.17, 15) is 4.79 Å². The van der Waals surface area contributed by atoms with Crippen molar-refractivity contribution in [2.24, 2.45) is 0 Å². The molecular formula is C23H13Cl3N4O. The minimum atomic E-state index is -0.275. The third kappa shape index (κ3) is 3.83. The zero-order valence-electron chi connectivity index (χ0n) is 15.8. The van der Waals surface area contributed by atoms with Gasteiger partial charge < -0.3 is 10.3 Å². The van der Waals surface area contributed by atoms with E-state index >= 15 is 0 Å². The van der Waals surface area contributed by atoms with E-state index in [1.165, 1.54) is 0 Å². The van der Waals surface area contributed by atoms with Gasteiger partial charge in [0, 0.05) is 16.0 Å². The molecule has 5 nitrogen and oxygen atoms in total. The van der Waals surface area contributed by atoms with Gasteiger partial charge in [0.1, 0.15) is 11.6 Å². The summed E-state index contributed by atoms with van der Waals surface area (Å²) in [6, 6.07) is 19.8. The molecule has 5 aromatic rings. The first-order chi connectivity index (χ1) is 15.0. The van der Waals surface area contributed by atoms with Crippen LogP contribution in [0.15, 0.2) is 66.7 Å². The molecule has 0 radical (unpaired) electrons. The van der Waals surface area contributed by atoms with Crippen molar-refractivity contribution in [2.45, 2.75) is 0 Å². The lowest BCUT2D eigenvalue weighted by Gasteiger charge is -2.06. The third-order valence-corrected chi connectivity index (χ3v) is 5.64. The van der Waals surface area contributed by atoms with Crippen molar-refractivity contribution in [2.75, 3.05) is 5.32 Å². The van der Waals surface area contributed by atoms with E-state index in [1.54, 1.807) is 36.4 Å². The minimum absolute atomic E-state index is 0.275. The zero-order valence-corrected chi connectivity index (χ0v) is 18.1. The summed E-state index contributed by atoms with van der Waals surface area (Å²) in [6.45, 7) is 0. The Morgan fingerprint density at radius 1 is 0.839 bits per heavy atom. The van der Waals surface area contributed by atoms with Gasteiger partial charge in [0.25, 0.3) is 5.91 Å². The van der Waals surface area contributed by atoms with E-state index in [4.69, 9.17) is 34.8 Å². The van der Waals surface area contributed by atoms with Crippen LogP contribution in [-0.4, -0.2) is 20.9 Å². The van der Waals surface area contributed by atoms with Crippen molar-refractivity contribution in [3.05, 3.63) is 87.4 Å². The van der Waals surface area contributed by atoms with E-state index < -0.39 is 0 Å². The van der Waals surface area contributed by atoms with Gasteiger partial charge >= 0.3 is 0 Å². The van der Waals surface area contributed by atoms with Crippen molar-refractivity contribution in [3.63, 3.8) is 0 Å². The largest absolute Gasteiger partial charge is 0.338 e. The number of nitrogens with zero attached hydrogens (tertiary/aromatic N) is 2. The molecule has 0 spiro atoms. The van der Waals surface area contributed by atoms with Crippen LogP contribution in [0.2, 0.25) is 15.1 Å². The highest BCUT2D eigenvalue weighted by atomic mass is 35.5. The number of anilines is 1. The van der Waals surface area contributed by atoms with Crippen molar-refractivity contribution in [1.29, 1.82) is 0 Å². The molecule has 0 bridgehead atoms. The molecule has 0 aliphatic carbocycles. The van der Waals surface area contributed by atoms with Gasteiger partial charge in [-0.3, -0.25) is 4.79 Å². The molecule has 152 valence electrons. The number of H-pyrrole nitrogens is 1. The third-order valence-electron chi connectivity index (χ3n) is 4.83. The summed E-state index contributed by atoms with van der Waals surface area (Å²) in [6.07, 6.45) is 0. The Kier molecular flexibility index (Phi) is 5.02. The molecule has 0 saturated carbocycles. The van der Waals surface area contributed by atoms with Crippen LogP contribution in [-0.2, 0) is 0 Å². The van der Waals surface area contributed by atoms with Gasteiger partial charge in [-0.2, -0.15) is 0 Å². The smallest absolute Gasteiger partial charge is 0.256 e. The fourth-order valence-electron chi connectivity index (χ4n) is 3.36. The molecule has 31 heavy (non-hydrogen) atoms. The molecule has 0 unspecified atom stereocenters. The number of carbonyl (C=O) groups excluding carboxylic acids is 1. The number of rotatable bonds is 3. The van der Waals surface area contributed by atoms with Crippen LogP contribution >= 0.6 is 34.8 Å². The maximum Gasteiger partial charge on any atom is 0.256 e. The van der Waals surface area contributed by atoms with Gasteiger partial charge in [0.05, 0.1) is 32.2 Å². The van der Waals surface area contributed by atoms with E-state index in [-0.39, 0.29) is 5.91 Å². The Balaban J connectivity index is 1.46. The lowest BCUT2D eigenvalue weighted by molar-refractivity contribution is 0.102. The minimum Gasteiger partial charge on any atom is -0.338 e. The monoisotopic (exact) mass is 466 g/mol. The number of amides is 1. The van der Waals surface area contributed by atoms with Crippen LogP contribution in [0.4, 0.5) is 5.82 Å². The Bertz CT molecular complexity index is 1460. The van der Waals surface area contributed by atoms with Gasteiger partial charge in [0.15, 0.2) is 0 Å². The molecule has 5 rings (SSSR count). The maximum absolute atomic E-state index is 12.8. The number of aromatic amines is 1. The molecule has 0 atom stereocenters. The van der Waals surface area contributed by atoms with Crippen LogP contribution < -0.4 is 5.32 Å². The number of imidazole rings is 1. The Labute approximate surface area is 192 Å². The van der Waals surface area contributed by atoms with Crippen molar-refractivity contribution in [3.8, 4) is 11.4 Å². The number of fused-ring (bicyclic) bond motifs is 2. The fraction of sp³-hybridized carbons (Fsp3) is 0. The highest BCUT2D eigenvalue weighted by Crippen LogP contribution is 2.36. The second-order valence-corrected chi connectivity index (χ2v) is 8.16. The number of carbonyl (C=O) groups is 1. The summed E-state index contributed by atoms with van der Waals surface area (Å²) < 4.78 is 0. The van der Waals surface area contributed by atoms with Crippen LogP contribution in [0.25, 0.3) is 33.3 Å². The van der Waals surface area contributed by atoms with Gasteiger partial charge in [0.2, 0.25) is 0 Å². The molecule has 0 fully saturated rings. The number of nitrogens with one attached hydrogen (secondary N) is 2. The van der Waals surface area contributed by atoms with E-state index in [0.717, 1.165) is 10.9 Å². The predicted molar refractivity (Wildman–Crippen MR) is 126 cm³/mol. The number of hydrogen-bond donors (Lipinski definition) is 2. The molecule has 8 heteroatoms. The number of aromatic nitrogens is 3. The Hall–Kier alpha value is -3.12. The second kappa shape index (κ2) is 7.85. The number of hydrogen-bond acceptors (Lipinski definition) is 3. The van der Waals surface area contributed by atoms with Gasteiger partial charge in [-0.05, 0) is 48.5 Å². The molecule has 2 N–H and O–H groups in total. The van der Waals surface area contributed by atoms with Crippen LogP contribution in [0.5, 0.6) is 0 Å². The number of benzene rings is 3. The number of halogens is 3. The number of pyridine rings is 1. The summed E-state index contributed by atoms with van der Waals surface area (Å²) in [5.74, 6) is 0.702. The van der Waals surface area contributed by atoms with Gasteiger partial charge in [-0.25, -0.2) is 9.97 Å². The molecule has 2 heterocycles. The highest BCUT2D eigenvalue weighted by Gasteiger charge is 2.16. The molecule has 0 aliphatic rings. The van der Waals surface area contributed by atoms with Gasteiger partial charge in [-0.15, -0.1) is 0 Å². The topological polar surface area (TPSA) is 70.7 Å². The summed E-state index contributed by atoms with van der Waals surface area (Å²) in [7, 11) is 0. The average molecular weight is 468 g/mol. The van der Waals surface area contributed by atoms with Crippen LogP contribution in [0.3, 0.4) is 0 Å². The normalized spacial score (nSPS) is 11.2. The summed E-state index contributed by atoms with van der Waals surface area (Å²) in [5.41, 5.74) is 3.18. The van der Waals surface area contributed by atoms with Crippen LogP contribution in [0.1, 0.15) is 10.4 Å². The quantitative estimate of drug-likeness (QED) is 0.300. The molecule has 0 aliphatic heterocycles. The molecular weight excluding hydrogens is 455 g/mol. The first kappa shape index (κ1) is 19.8. The summed E-state index contributed by atoms with van der Waals surface area (Å²) >= 11 is 18.6. The first-order valence-corrected chi connectivity index (χ1v) is 10.4. The predicted octanol–water partition coefficient (Wildman–Crippen LogP) is 6.99. The molecule has 0 saturated heterocycles. The second-order valence-electron chi connectivity index (χ2n) is 6.91. The summed E-state index contributed by atoms with van der Waals surface area (Å²) in [4.78, 5) is 25.0. The van der Waals surface area contributed by atoms with Gasteiger partial charge in [-0.1, -0.05) is 53.0 Å². The van der Waals surface area contributed by atoms with E-state index in [0.29, 0.717) is 48.9 Å². The highest BCUT2D eigenvalue weighted by molar-refractivity contribution is 6.41. The Morgan fingerprint density at radius 3 is 2.42 bits per heavy atom. The first-order valence-electron chi connectivity index (χ1n) is 9.30. The van der Waals surface area contributed by atoms with E-state index in [1.807, 2.05) is 30.3 Å². The van der Waals surface area contributed by atoms with E-state index in [2.05, 4.69) is 20.3 Å².